The molecule has 0 aromatic carbocycles. The third kappa shape index (κ3) is 15.7. The van der Waals surface area contributed by atoms with Crippen LogP contribution in [0.4, 0.5) is 0 Å². The first-order chi connectivity index (χ1) is 9.31. The van der Waals surface area contributed by atoms with Crippen LogP contribution < -0.4 is 0 Å². The molecule has 0 saturated heterocycles. The topological polar surface area (TPSA) is 0 Å². The number of allylic oxidation sites excluding steroid dienone is 2. The lowest BCUT2D eigenvalue weighted by Crippen LogP contribution is -1.93. The van der Waals surface area contributed by atoms with Crippen LogP contribution >= 0.6 is 0 Å². The maximum Gasteiger partial charge on any atom is -0.0348 e. The van der Waals surface area contributed by atoms with E-state index in [1.54, 1.807) is 0 Å². The number of hydrogen-bond acceptors (Lipinski definition) is 0. The van der Waals surface area contributed by atoms with Gasteiger partial charge in [-0.25, -0.2) is 0 Å². The third-order valence-electron chi connectivity index (χ3n) is 4.02. The van der Waals surface area contributed by atoms with Gasteiger partial charge in [0, 0.05) is 0 Å². The second-order valence-corrected chi connectivity index (χ2v) is 6.21. The van der Waals surface area contributed by atoms with Crippen molar-refractivity contribution in [2.75, 3.05) is 0 Å². The fraction of sp³-hybridized carbons (Fsp3) is 0.895. The predicted octanol–water partition coefficient (Wildman–Crippen LogP) is 7.29. The summed E-state index contributed by atoms with van der Waals surface area (Å²) in [5.41, 5.74) is 0. The van der Waals surface area contributed by atoms with Gasteiger partial charge in [-0.15, -0.1) is 0 Å². The molecule has 0 bridgehead atoms. The van der Waals surface area contributed by atoms with E-state index in [4.69, 9.17) is 0 Å². The van der Waals surface area contributed by atoms with Crippen molar-refractivity contribution in [3.05, 3.63) is 12.2 Å². The minimum atomic E-state index is 0.922. The molecule has 0 aliphatic carbocycles. The van der Waals surface area contributed by atoms with Crippen LogP contribution in [0.1, 0.15) is 104 Å². The molecule has 0 rings (SSSR count). The molecule has 0 spiro atoms. The highest BCUT2D eigenvalue weighted by Crippen LogP contribution is 2.16. The maximum atomic E-state index is 2.42. The fourth-order valence-corrected chi connectivity index (χ4v) is 2.55. The van der Waals surface area contributed by atoms with Crippen molar-refractivity contribution in [3.8, 4) is 0 Å². The first-order valence-corrected chi connectivity index (χ1v) is 8.96. The molecule has 0 amide bonds. The highest BCUT2D eigenvalue weighted by Gasteiger charge is 2.00. The van der Waals surface area contributed by atoms with E-state index in [2.05, 4.69) is 32.9 Å². The predicted molar refractivity (Wildman–Crippen MR) is 89.7 cm³/mol. The van der Waals surface area contributed by atoms with Gasteiger partial charge < -0.3 is 0 Å². The average molecular weight is 267 g/mol. The summed E-state index contributed by atoms with van der Waals surface area (Å²) in [5, 5.41) is 0. The van der Waals surface area contributed by atoms with E-state index in [0.717, 1.165) is 5.92 Å². The van der Waals surface area contributed by atoms with E-state index in [9.17, 15) is 0 Å². The number of hydrogen-bond donors (Lipinski definition) is 0. The summed E-state index contributed by atoms with van der Waals surface area (Å²) < 4.78 is 0. The number of unbranched alkanes of at least 4 members (excludes halogenated alkanes) is 8. The zero-order valence-corrected chi connectivity index (χ0v) is 13.9. The SMILES string of the molecule is CCCCCCCC=CCCC(C)CCCCCC. The van der Waals surface area contributed by atoms with Crippen LogP contribution in [0.25, 0.3) is 0 Å². The normalized spacial score (nSPS) is 13.2. The molecular formula is C19H38. The van der Waals surface area contributed by atoms with Crippen molar-refractivity contribution in [3.63, 3.8) is 0 Å². The van der Waals surface area contributed by atoms with Gasteiger partial charge >= 0.3 is 0 Å². The van der Waals surface area contributed by atoms with E-state index in [-0.39, 0.29) is 0 Å². The third-order valence-corrected chi connectivity index (χ3v) is 4.02. The maximum absolute atomic E-state index is 2.42. The van der Waals surface area contributed by atoms with Gasteiger partial charge in [-0.1, -0.05) is 90.7 Å². The summed E-state index contributed by atoms with van der Waals surface area (Å²) >= 11 is 0. The van der Waals surface area contributed by atoms with Crippen molar-refractivity contribution in [2.24, 2.45) is 5.92 Å². The lowest BCUT2D eigenvalue weighted by atomic mass is 9.98. The molecule has 19 heavy (non-hydrogen) atoms. The Morgan fingerprint density at radius 1 is 0.632 bits per heavy atom. The molecule has 114 valence electrons. The molecule has 0 heteroatoms. The lowest BCUT2D eigenvalue weighted by molar-refractivity contribution is 0.463. The fourth-order valence-electron chi connectivity index (χ4n) is 2.55. The van der Waals surface area contributed by atoms with Gasteiger partial charge in [-0.2, -0.15) is 0 Å². The van der Waals surface area contributed by atoms with E-state index in [1.807, 2.05) is 0 Å². The Labute approximate surface area is 123 Å². The molecule has 0 aromatic rings. The van der Waals surface area contributed by atoms with Gasteiger partial charge in [0.05, 0.1) is 0 Å². The van der Waals surface area contributed by atoms with E-state index < -0.39 is 0 Å². The van der Waals surface area contributed by atoms with Crippen LogP contribution in [-0.2, 0) is 0 Å². The Balaban J connectivity index is 3.22. The van der Waals surface area contributed by atoms with Crippen LogP contribution in [0.3, 0.4) is 0 Å². The quantitative estimate of drug-likeness (QED) is 0.229. The van der Waals surface area contributed by atoms with Gasteiger partial charge in [0.2, 0.25) is 0 Å². The van der Waals surface area contributed by atoms with Gasteiger partial charge in [0.1, 0.15) is 0 Å². The molecule has 0 nitrogen and oxygen atoms in total. The Morgan fingerprint density at radius 3 is 1.89 bits per heavy atom. The molecule has 0 aliphatic rings. The molecule has 0 aromatic heterocycles. The molecule has 0 heterocycles. The van der Waals surface area contributed by atoms with E-state index in [1.165, 1.54) is 83.5 Å². The van der Waals surface area contributed by atoms with Gasteiger partial charge in [0.25, 0.3) is 0 Å². The monoisotopic (exact) mass is 266 g/mol. The molecule has 0 saturated carbocycles. The van der Waals surface area contributed by atoms with Gasteiger partial charge in [0.15, 0.2) is 0 Å². The summed E-state index contributed by atoms with van der Waals surface area (Å²) in [6, 6.07) is 0. The minimum Gasteiger partial charge on any atom is -0.0885 e. The molecule has 0 N–H and O–H groups in total. The zero-order chi connectivity index (χ0) is 14.2. The Bertz CT molecular complexity index is 180. The van der Waals surface area contributed by atoms with E-state index >= 15 is 0 Å². The Hall–Kier alpha value is -0.260. The van der Waals surface area contributed by atoms with Crippen LogP contribution in [0.15, 0.2) is 12.2 Å². The number of rotatable bonds is 14. The average Bonchev–Trinajstić information content (AvgIpc) is 2.42. The summed E-state index contributed by atoms with van der Waals surface area (Å²) in [6.07, 6.45) is 22.9. The largest absolute Gasteiger partial charge is 0.0885 e. The molecule has 0 aliphatic heterocycles. The molecule has 0 fully saturated rings. The summed E-state index contributed by atoms with van der Waals surface area (Å²) in [5.74, 6) is 0.922. The van der Waals surface area contributed by atoms with Crippen LogP contribution in [-0.4, -0.2) is 0 Å². The summed E-state index contributed by atoms with van der Waals surface area (Å²) in [6.45, 7) is 6.99. The second-order valence-electron chi connectivity index (χ2n) is 6.21. The van der Waals surface area contributed by atoms with Gasteiger partial charge in [-0.3, -0.25) is 0 Å². The van der Waals surface area contributed by atoms with Crippen LogP contribution in [0.5, 0.6) is 0 Å². The highest BCUT2D eigenvalue weighted by atomic mass is 14.1. The first kappa shape index (κ1) is 18.7. The lowest BCUT2D eigenvalue weighted by Gasteiger charge is -2.09. The highest BCUT2D eigenvalue weighted by molar-refractivity contribution is 4.81. The molecule has 0 radical (unpaired) electrons. The minimum absolute atomic E-state index is 0.922. The van der Waals surface area contributed by atoms with Crippen LogP contribution in [0, 0.1) is 5.92 Å². The first-order valence-electron chi connectivity index (χ1n) is 8.96. The molecule has 1 unspecified atom stereocenters. The summed E-state index contributed by atoms with van der Waals surface area (Å²) in [7, 11) is 0. The van der Waals surface area contributed by atoms with Crippen molar-refractivity contribution in [2.45, 2.75) is 104 Å². The smallest absolute Gasteiger partial charge is 0.0348 e. The van der Waals surface area contributed by atoms with Crippen molar-refractivity contribution >= 4 is 0 Å². The zero-order valence-electron chi connectivity index (χ0n) is 13.9. The standard InChI is InChI=1S/C19H38/c1-4-6-8-10-11-12-13-14-16-18-19(3)17-15-9-7-5-2/h13-14,19H,4-12,15-18H2,1-3H3. The Morgan fingerprint density at radius 2 is 1.21 bits per heavy atom. The van der Waals surface area contributed by atoms with E-state index in [0.29, 0.717) is 0 Å². The molecular weight excluding hydrogens is 228 g/mol. The Kier molecular flexibility index (Phi) is 15.6. The van der Waals surface area contributed by atoms with Crippen molar-refractivity contribution < 1.29 is 0 Å². The van der Waals surface area contributed by atoms with Crippen molar-refractivity contribution in [1.29, 1.82) is 0 Å². The van der Waals surface area contributed by atoms with Crippen LogP contribution in [0.2, 0.25) is 0 Å². The summed E-state index contributed by atoms with van der Waals surface area (Å²) in [4.78, 5) is 0. The van der Waals surface area contributed by atoms with Crippen molar-refractivity contribution in [1.82, 2.24) is 0 Å². The van der Waals surface area contributed by atoms with Gasteiger partial charge in [-0.05, 0) is 31.6 Å². The molecule has 1 atom stereocenters. The second kappa shape index (κ2) is 15.8.